The van der Waals surface area contributed by atoms with Gasteiger partial charge in [-0.15, -0.1) is 0 Å². The monoisotopic (exact) mass is 500 g/mol. The lowest BCUT2D eigenvalue weighted by Gasteiger charge is -2.34. The fraction of sp³-hybridized carbons (Fsp3) is 0.276. The maximum absolute atomic E-state index is 14.4. The van der Waals surface area contributed by atoms with Crippen molar-refractivity contribution in [3.8, 4) is 0 Å². The molecule has 1 fully saturated rings. The van der Waals surface area contributed by atoms with Crippen molar-refractivity contribution in [2.75, 3.05) is 18.1 Å². The van der Waals surface area contributed by atoms with Gasteiger partial charge in [-0.3, -0.25) is 14.5 Å². The zero-order valence-corrected chi connectivity index (χ0v) is 20.6. The van der Waals surface area contributed by atoms with E-state index < -0.39 is 11.9 Å². The summed E-state index contributed by atoms with van der Waals surface area (Å²) in [5.41, 5.74) is 3.29. The Morgan fingerprint density at radius 3 is 2.73 bits per heavy atom. The van der Waals surface area contributed by atoms with E-state index in [0.717, 1.165) is 16.5 Å². The first-order chi connectivity index (χ1) is 18.0. The number of fused-ring (bicyclic) bond motifs is 1. The number of aromatic amines is 1. The number of carbonyl (C=O) groups is 2. The Hall–Kier alpha value is -4.04. The zero-order chi connectivity index (χ0) is 25.8. The summed E-state index contributed by atoms with van der Waals surface area (Å²) in [5, 5.41) is 3.96. The van der Waals surface area contributed by atoms with Crippen LogP contribution in [0.4, 0.5) is 10.1 Å². The molecule has 0 radical (unpaired) electrons. The predicted molar refractivity (Wildman–Crippen MR) is 140 cm³/mol. The van der Waals surface area contributed by atoms with E-state index in [2.05, 4.69) is 15.3 Å². The van der Waals surface area contributed by atoms with Crippen LogP contribution in [0.2, 0.25) is 0 Å². The summed E-state index contributed by atoms with van der Waals surface area (Å²) in [5.74, 6) is -1.12. The third kappa shape index (κ3) is 5.39. The zero-order valence-electron chi connectivity index (χ0n) is 20.6. The predicted octanol–water partition coefficient (Wildman–Crippen LogP) is 4.62. The van der Waals surface area contributed by atoms with Crippen LogP contribution in [0.1, 0.15) is 35.6 Å². The van der Waals surface area contributed by atoms with Gasteiger partial charge < -0.3 is 15.0 Å². The molecular weight excluding hydrogens is 471 g/mol. The Labute approximate surface area is 214 Å². The second-order valence-electron chi connectivity index (χ2n) is 9.29. The van der Waals surface area contributed by atoms with Crippen LogP contribution in [0.3, 0.4) is 0 Å². The number of nitrogens with one attached hydrogen (secondary N) is 2. The van der Waals surface area contributed by atoms with E-state index in [0.29, 0.717) is 43.0 Å². The number of nitrogens with zero attached hydrogens (tertiary/aromatic N) is 2. The first kappa shape index (κ1) is 24.6. The molecule has 0 saturated carbocycles. The van der Waals surface area contributed by atoms with Crippen LogP contribution >= 0.6 is 0 Å². The number of carbonyl (C=O) groups excluding carboxylic acids is 2. The van der Waals surface area contributed by atoms with Gasteiger partial charge in [-0.2, -0.15) is 0 Å². The van der Waals surface area contributed by atoms with Gasteiger partial charge in [0.1, 0.15) is 17.5 Å². The molecule has 1 saturated heterocycles. The molecular formula is C29H29FN4O3. The molecule has 2 aromatic carbocycles. The minimum absolute atomic E-state index is 0.00906. The average molecular weight is 501 g/mol. The molecule has 0 spiro atoms. The van der Waals surface area contributed by atoms with Gasteiger partial charge in [-0.1, -0.05) is 30.3 Å². The lowest BCUT2D eigenvalue weighted by molar-refractivity contribution is -0.127. The first-order valence-corrected chi connectivity index (χ1v) is 12.4. The van der Waals surface area contributed by atoms with Gasteiger partial charge in [0.15, 0.2) is 0 Å². The number of hydrogen-bond donors (Lipinski definition) is 2. The van der Waals surface area contributed by atoms with Crippen LogP contribution in [0.5, 0.6) is 0 Å². The lowest BCUT2D eigenvalue weighted by atomic mass is 9.96. The highest BCUT2D eigenvalue weighted by molar-refractivity contribution is 6.03. The Bertz CT molecular complexity index is 1410. The van der Waals surface area contributed by atoms with Gasteiger partial charge >= 0.3 is 0 Å². The maximum atomic E-state index is 14.4. The van der Waals surface area contributed by atoms with Crippen LogP contribution in [0, 0.1) is 12.7 Å². The molecule has 5 rings (SSSR count). The number of aryl methyl sites for hydroxylation is 1. The Kier molecular flexibility index (Phi) is 7.28. The number of anilines is 1. The largest absolute Gasteiger partial charge is 0.381 e. The number of aromatic nitrogens is 2. The number of amides is 2. The van der Waals surface area contributed by atoms with Crippen molar-refractivity contribution in [3.05, 3.63) is 95.6 Å². The first-order valence-electron chi connectivity index (χ1n) is 12.4. The summed E-state index contributed by atoms with van der Waals surface area (Å²) in [6.07, 6.45) is 4.84. The minimum Gasteiger partial charge on any atom is -0.381 e. The Balaban J connectivity index is 1.57. The molecule has 2 aromatic heterocycles. The van der Waals surface area contributed by atoms with Gasteiger partial charge in [0.25, 0.3) is 0 Å². The van der Waals surface area contributed by atoms with Crippen LogP contribution in [-0.4, -0.2) is 41.0 Å². The van der Waals surface area contributed by atoms with Crippen LogP contribution < -0.4 is 10.2 Å². The normalized spacial score (nSPS) is 14.9. The standard InChI is InChI=1S/C29H29FN4O3/c1-19-6-2-3-9-24(19)27(29(36)33-22-11-14-37-15-12-22)34(23-8-4-7-21(30)17-23)26(35)16-20-18-32-28-25(20)10-5-13-31-28/h2-10,13,17-18,22,27H,11-12,14-16H2,1H3,(H,31,32)(H,33,36). The van der Waals surface area contributed by atoms with Crippen molar-refractivity contribution in [1.29, 1.82) is 0 Å². The second-order valence-corrected chi connectivity index (χ2v) is 9.29. The summed E-state index contributed by atoms with van der Waals surface area (Å²) in [6.45, 7) is 3.05. The smallest absolute Gasteiger partial charge is 0.248 e. The number of H-pyrrole nitrogens is 1. The van der Waals surface area contributed by atoms with Crippen LogP contribution in [-0.2, 0) is 20.7 Å². The molecule has 0 bridgehead atoms. The van der Waals surface area contributed by atoms with Crippen molar-refractivity contribution >= 4 is 28.5 Å². The van der Waals surface area contributed by atoms with Crippen molar-refractivity contribution in [1.82, 2.24) is 15.3 Å². The molecule has 1 aliphatic heterocycles. The van der Waals surface area contributed by atoms with E-state index in [1.54, 1.807) is 24.5 Å². The summed E-state index contributed by atoms with van der Waals surface area (Å²) >= 11 is 0. The molecule has 4 aromatic rings. The van der Waals surface area contributed by atoms with Gasteiger partial charge in [0, 0.05) is 42.7 Å². The molecule has 190 valence electrons. The molecule has 2 N–H and O–H groups in total. The Morgan fingerprint density at radius 2 is 1.95 bits per heavy atom. The van der Waals surface area contributed by atoms with Crippen LogP contribution in [0.15, 0.2) is 73.1 Å². The highest BCUT2D eigenvalue weighted by atomic mass is 19.1. The SMILES string of the molecule is Cc1ccccc1C(C(=O)NC1CCOCC1)N(C(=O)Cc1c[nH]c2ncccc12)c1cccc(F)c1. The highest BCUT2D eigenvalue weighted by Crippen LogP contribution is 2.32. The van der Waals surface area contributed by atoms with Gasteiger partial charge in [-0.05, 0) is 66.8 Å². The van der Waals surface area contributed by atoms with E-state index in [1.807, 2.05) is 43.3 Å². The molecule has 1 aliphatic rings. The van der Waals surface area contributed by atoms with Crippen molar-refractivity contribution in [2.45, 2.75) is 38.3 Å². The van der Waals surface area contributed by atoms with Gasteiger partial charge in [-0.25, -0.2) is 9.37 Å². The summed E-state index contributed by atoms with van der Waals surface area (Å²) in [4.78, 5) is 36.8. The fourth-order valence-corrected chi connectivity index (χ4v) is 4.88. The minimum atomic E-state index is -0.985. The molecule has 37 heavy (non-hydrogen) atoms. The number of halogens is 1. The highest BCUT2D eigenvalue weighted by Gasteiger charge is 2.35. The molecule has 7 nitrogen and oxygen atoms in total. The number of pyridine rings is 1. The van der Waals surface area contributed by atoms with Crippen molar-refractivity contribution < 1.29 is 18.7 Å². The molecule has 3 heterocycles. The van der Waals surface area contributed by atoms with Gasteiger partial charge in [0.2, 0.25) is 11.8 Å². The summed E-state index contributed by atoms with van der Waals surface area (Å²) in [7, 11) is 0. The van der Waals surface area contributed by atoms with Gasteiger partial charge in [0.05, 0.1) is 6.42 Å². The molecule has 1 atom stereocenters. The number of ether oxygens (including phenoxy) is 1. The molecule has 8 heteroatoms. The number of benzene rings is 2. The molecule has 1 unspecified atom stereocenters. The van der Waals surface area contributed by atoms with Crippen molar-refractivity contribution in [2.24, 2.45) is 0 Å². The third-order valence-electron chi connectivity index (χ3n) is 6.79. The number of rotatable bonds is 7. The van der Waals surface area contributed by atoms with E-state index >= 15 is 0 Å². The third-order valence-corrected chi connectivity index (χ3v) is 6.79. The van der Waals surface area contributed by atoms with E-state index in [9.17, 15) is 14.0 Å². The van der Waals surface area contributed by atoms with Crippen molar-refractivity contribution in [3.63, 3.8) is 0 Å². The lowest BCUT2D eigenvalue weighted by Crippen LogP contribution is -2.48. The topological polar surface area (TPSA) is 87.3 Å². The van der Waals surface area contributed by atoms with Crippen LogP contribution in [0.25, 0.3) is 11.0 Å². The number of hydrogen-bond acceptors (Lipinski definition) is 4. The fourth-order valence-electron chi connectivity index (χ4n) is 4.88. The molecule has 2 amide bonds. The van der Waals surface area contributed by atoms with E-state index in [1.165, 1.54) is 17.0 Å². The average Bonchev–Trinajstić information content (AvgIpc) is 3.31. The van der Waals surface area contributed by atoms with E-state index in [-0.39, 0.29) is 24.3 Å². The molecule has 0 aliphatic carbocycles. The second kappa shape index (κ2) is 10.9. The quantitative estimate of drug-likeness (QED) is 0.388. The Morgan fingerprint density at radius 1 is 1.14 bits per heavy atom. The van der Waals surface area contributed by atoms with E-state index in [4.69, 9.17) is 4.74 Å². The summed E-state index contributed by atoms with van der Waals surface area (Å²) in [6, 6.07) is 16.0. The summed E-state index contributed by atoms with van der Waals surface area (Å²) < 4.78 is 19.9. The maximum Gasteiger partial charge on any atom is 0.248 e.